The van der Waals surface area contributed by atoms with Crippen molar-refractivity contribution in [2.24, 2.45) is 0 Å². The van der Waals surface area contributed by atoms with Crippen LogP contribution in [0.5, 0.6) is 0 Å². The molecular formula is C18H14N2O3S. The predicted octanol–water partition coefficient (Wildman–Crippen LogP) is 3.84. The minimum absolute atomic E-state index is 0.0534. The Labute approximate surface area is 138 Å². The lowest BCUT2D eigenvalue weighted by atomic mass is 10.1. The lowest BCUT2D eigenvalue weighted by Crippen LogP contribution is -2.03. The van der Waals surface area contributed by atoms with Gasteiger partial charge in [-0.3, -0.25) is 4.98 Å². The fraction of sp³-hybridized carbons (Fsp3) is 0.111. The van der Waals surface area contributed by atoms with Crippen LogP contribution in [0, 0.1) is 0 Å². The molecule has 2 heterocycles. The Kier molecular flexibility index (Phi) is 3.35. The molecule has 0 spiro atoms. The van der Waals surface area contributed by atoms with Gasteiger partial charge in [0.15, 0.2) is 15.4 Å². The maximum Gasteiger partial charge on any atom is 0.228 e. The van der Waals surface area contributed by atoms with E-state index in [4.69, 9.17) is 4.42 Å². The molecule has 0 atom stereocenters. The number of rotatable bonds is 3. The molecule has 0 fully saturated rings. The number of hydrogen-bond donors (Lipinski definition) is 0. The molecule has 6 heteroatoms. The number of sulfone groups is 1. The monoisotopic (exact) mass is 338 g/mol. The summed E-state index contributed by atoms with van der Waals surface area (Å²) in [6.45, 7) is 1.62. The van der Waals surface area contributed by atoms with Crippen molar-refractivity contribution in [1.82, 2.24) is 9.97 Å². The van der Waals surface area contributed by atoms with Crippen LogP contribution >= 0.6 is 0 Å². The highest BCUT2D eigenvalue weighted by molar-refractivity contribution is 7.91. The summed E-state index contributed by atoms with van der Waals surface area (Å²) in [4.78, 5) is 9.09. The first kappa shape index (κ1) is 14.8. The number of fused-ring (bicyclic) bond motifs is 2. The molecule has 0 aliphatic rings. The average Bonchev–Trinajstić information content (AvgIpc) is 3.04. The van der Waals surface area contributed by atoms with Crippen LogP contribution in [0.3, 0.4) is 0 Å². The van der Waals surface area contributed by atoms with Crippen LogP contribution in [0.25, 0.3) is 33.5 Å². The number of aromatic nitrogens is 2. The molecule has 0 radical (unpaired) electrons. The van der Waals surface area contributed by atoms with Crippen molar-refractivity contribution in [3.8, 4) is 11.5 Å². The molecule has 0 saturated carbocycles. The predicted molar refractivity (Wildman–Crippen MR) is 92.5 cm³/mol. The number of para-hydroxylation sites is 1. The highest BCUT2D eigenvalue weighted by Crippen LogP contribution is 2.27. The zero-order chi connectivity index (χ0) is 16.7. The van der Waals surface area contributed by atoms with Gasteiger partial charge in [0.1, 0.15) is 5.52 Å². The minimum Gasteiger partial charge on any atom is -0.436 e. The van der Waals surface area contributed by atoms with Gasteiger partial charge in [-0.1, -0.05) is 25.1 Å². The molecule has 0 saturated heterocycles. The van der Waals surface area contributed by atoms with Gasteiger partial charge in [0.2, 0.25) is 5.89 Å². The van der Waals surface area contributed by atoms with Crippen molar-refractivity contribution in [1.29, 1.82) is 0 Å². The van der Waals surface area contributed by atoms with E-state index in [1.54, 1.807) is 31.3 Å². The van der Waals surface area contributed by atoms with Gasteiger partial charge in [0.05, 0.1) is 21.7 Å². The lowest BCUT2D eigenvalue weighted by Gasteiger charge is -1.99. The molecule has 2 aromatic carbocycles. The Bertz CT molecular complexity index is 1160. The van der Waals surface area contributed by atoms with E-state index in [-0.39, 0.29) is 10.6 Å². The number of nitrogens with zero attached hydrogens (tertiary/aromatic N) is 2. The quantitative estimate of drug-likeness (QED) is 0.567. The molecule has 0 aliphatic heterocycles. The van der Waals surface area contributed by atoms with Gasteiger partial charge in [-0.25, -0.2) is 13.4 Å². The van der Waals surface area contributed by atoms with Gasteiger partial charge in [-0.15, -0.1) is 0 Å². The fourth-order valence-corrected chi connectivity index (χ4v) is 3.48. The molecule has 0 amide bonds. The average molecular weight is 338 g/mol. The third kappa shape index (κ3) is 2.45. The first-order valence-corrected chi connectivity index (χ1v) is 9.20. The van der Waals surface area contributed by atoms with Crippen LogP contribution in [-0.4, -0.2) is 24.1 Å². The van der Waals surface area contributed by atoms with Crippen LogP contribution in [0.4, 0.5) is 0 Å². The Morgan fingerprint density at radius 1 is 1.04 bits per heavy atom. The van der Waals surface area contributed by atoms with Crippen molar-refractivity contribution in [3.05, 3.63) is 54.7 Å². The van der Waals surface area contributed by atoms with Crippen LogP contribution < -0.4 is 0 Å². The maximum atomic E-state index is 12.0. The van der Waals surface area contributed by atoms with Crippen molar-refractivity contribution >= 4 is 31.8 Å². The van der Waals surface area contributed by atoms with Crippen molar-refractivity contribution < 1.29 is 12.8 Å². The van der Waals surface area contributed by atoms with Gasteiger partial charge < -0.3 is 4.42 Å². The van der Waals surface area contributed by atoms with Gasteiger partial charge in [-0.05, 0) is 30.3 Å². The minimum atomic E-state index is -3.27. The maximum absolute atomic E-state index is 12.0. The summed E-state index contributed by atoms with van der Waals surface area (Å²) in [5.41, 5.74) is 2.72. The zero-order valence-electron chi connectivity index (χ0n) is 12.9. The fourth-order valence-electron chi connectivity index (χ4n) is 2.58. The van der Waals surface area contributed by atoms with Gasteiger partial charge >= 0.3 is 0 Å². The molecule has 0 aliphatic carbocycles. The first-order chi connectivity index (χ1) is 11.6. The molecule has 0 N–H and O–H groups in total. The third-order valence-corrected chi connectivity index (χ3v) is 5.67. The summed E-state index contributed by atoms with van der Waals surface area (Å²) in [5, 5.41) is 0.992. The zero-order valence-corrected chi connectivity index (χ0v) is 13.7. The number of pyridine rings is 1. The molecule has 0 unspecified atom stereocenters. The lowest BCUT2D eigenvalue weighted by molar-refractivity contribution is 0.597. The number of oxazole rings is 1. The van der Waals surface area contributed by atoms with Gasteiger partial charge in [-0.2, -0.15) is 0 Å². The van der Waals surface area contributed by atoms with Crippen LogP contribution in [0.15, 0.2) is 64.0 Å². The van der Waals surface area contributed by atoms with Crippen LogP contribution in [-0.2, 0) is 9.84 Å². The van der Waals surface area contributed by atoms with E-state index in [1.807, 2.05) is 30.3 Å². The Morgan fingerprint density at radius 3 is 2.71 bits per heavy atom. The highest BCUT2D eigenvalue weighted by atomic mass is 32.2. The highest BCUT2D eigenvalue weighted by Gasteiger charge is 2.15. The molecule has 4 rings (SSSR count). The van der Waals surface area contributed by atoms with E-state index in [0.717, 1.165) is 16.5 Å². The van der Waals surface area contributed by atoms with Crippen molar-refractivity contribution in [3.63, 3.8) is 0 Å². The van der Waals surface area contributed by atoms with Gasteiger partial charge in [0, 0.05) is 11.6 Å². The Hall–Kier alpha value is -2.73. The van der Waals surface area contributed by atoms with E-state index < -0.39 is 9.84 Å². The standard InChI is InChI=1S/C18H14N2O3S/c1-2-24(21,22)14-7-8-17-16(10-14)20-18(23-17)13-9-12-5-3-4-6-15(12)19-11-13/h3-11H,2H2,1H3. The summed E-state index contributed by atoms with van der Waals surface area (Å²) in [6.07, 6.45) is 1.71. The van der Waals surface area contributed by atoms with Crippen molar-refractivity contribution in [2.45, 2.75) is 11.8 Å². The largest absolute Gasteiger partial charge is 0.436 e. The van der Waals surface area contributed by atoms with E-state index in [1.165, 1.54) is 0 Å². The molecule has 2 aromatic heterocycles. The van der Waals surface area contributed by atoms with Crippen molar-refractivity contribution in [2.75, 3.05) is 5.75 Å². The van der Waals surface area contributed by atoms with E-state index in [0.29, 0.717) is 17.0 Å². The second-order valence-corrected chi connectivity index (χ2v) is 7.75. The molecule has 4 aromatic rings. The summed E-state index contributed by atoms with van der Waals surface area (Å²) in [7, 11) is -3.27. The van der Waals surface area contributed by atoms with Gasteiger partial charge in [0.25, 0.3) is 0 Å². The van der Waals surface area contributed by atoms with E-state index in [2.05, 4.69) is 9.97 Å². The number of benzene rings is 2. The van der Waals surface area contributed by atoms with E-state index in [9.17, 15) is 8.42 Å². The Morgan fingerprint density at radius 2 is 1.88 bits per heavy atom. The molecule has 5 nitrogen and oxygen atoms in total. The smallest absolute Gasteiger partial charge is 0.228 e. The molecule has 0 bridgehead atoms. The first-order valence-electron chi connectivity index (χ1n) is 7.55. The topological polar surface area (TPSA) is 73.1 Å². The third-order valence-electron chi connectivity index (χ3n) is 3.94. The molecule has 24 heavy (non-hydrogen) atoms. The molecule has 120 valence electrons. The normalized spacial score (nSPS) is 12.0. The second-order valence-electron chi connectivity index (χ2n) is 5.47. The summed E-state index contributed by atoms with van der Waals surface area (Å²) in [5.74, 6) is 0.479. The Balaban J connectivity index is 1.84. The SMILES string of the molecule is CCS(=O)(=O)c1ccc2oc(-c3cnc4ccccc4c3)nc2c1. The van der Waals surface area contributed by atoms with E-state index >= 15 is 0 Å². The summed E-state index contributed by atoms with van der Waals surface area (Å²) in [6, 6.07) is 14.5. The van der Waals surface area contributed by atoms with Crippen LogP contribution in [0.1, 0.15) is 6.92 Å². The number of hydrogen-bond acceptors (Lipinski definition) is 5. The summed E-state index contributed by atoms with van der Waals surface area (Å²) < 4.78 is 29.8. The van der Waals surface area contributed by atoms with Crippen LogP contribution in [0.2, 0.25) is 0 Å². The summed E-state index contributed by atoms with van der Waals surface area (Å²) >= 11 is 0. The second kappa shape index (κ2) is 5.42. The molecular weight excluding hydrogens is 324 g/mol.